The van der Waals surface area contributed by atoms with Crippen molar-refractivity contribution >= 4 is 17.4 Å². The summed E-state index contributed by atoms with van der Waals surface area (Å²) in [6, 6.07) is 10.4. The van der Waals surface area contributed by atoms with Crippen molar-refractivity contribution in [2.75, 3.05) is 0 Å². The van der Waals surface area contributed by atoms with Crippen LogP contribution in [0.3, 0.4) is 0 Å². The summed E-state index contributed by atoms with van der Waals surface area (Å²) in [5.41, 5.74) is -0.135. The van der Waals surface area contributed by atoms with Gasteiger partial charge in [0.25, 0.3) is 0 Å². The number of rotatable bonds is 1. The molecule has 24 heavy (non-hydrogen) atoms. The number of hydrogen-bond donors (Lipinski definition) is 0. The van der Waals surface area contributed by atoms with Gasteiger partial charge in [0.2, 0.25) is 0 Å². The third kappa shape index (κ3) is 2.26. The Balaban J connectivity index is 1.71. The molecule has 124 valence electrons. The van der Waals surface area contributed by atoms with Gasteiger partial charge in [-0.2, -0.15) is 13.2 Å². The molecular weight excluding hydrogens is 341 g/mol. The first-order chi connectivity index (χ1) is 11.3. The number of ether oxygens (including phenoxy) is 1. The van der Waals surface area contributed by atoms with Crippen molar-refractivity contribution in [2.45, 2.75) is 30.7 Å². The number of ketones is 1. The summed E-state index contributed by atoms with van der Waals surface area (Å²) in [5.74, 6) is -0.178. The van der Waals surface area contributed by atoms with Crippen molar-refractivity contribution in [2.24, 2.45) is 0 Å². The molecule has 2 atom stereocenters. The molecule has 0 bridgehead atoms. The first kappa shape index (κ1) is 15.7. The maximum atomic E-state index is 12.9. The van der Waals surface area contributed by atoms with Crippen LogP contribution in [0.2, 0.25) is 5.02 Å². The van der Waals surface area contributed by atoms with Crippen molar-refractivity contribution in [3.8, 4) is 0 Å². The lowest BCUT2D eigenvalue weighted by molar-refractivity contribution is -0.137. The van der Waals surface area contributed by atoms with E-state index < -0.39 is 23.4 Å². The van der Waals surface area contributed by atoms with Crippen LogP contribution in [-0.2, 0) is 17.3 Å². The lowest BCUT2D eigenvalue weighted by Gasteiger charge is -2.21. The Kier molecular flexibility index (Phi) is 3.31. The average molecular weight is 353 g/mol. The molecule has 0 saturated carbocycles. The van der Waals surface area contributed by atoms with Gasteiger partial charge in [-0.1, -0.05) is 35.9 Å². The molecule has 0 amide bonds. The van der Waals surface area contributed by atoms with E-state index in [4.69, 9.17) is 16.3 Å². The van der Waals surface area contributed by atoms with Crippen molar-refractivity contribution < 1.29 is 22.7 Å². The molecule has 2 unspecified atom stereocenters. The highest BCUT2D eigenvalue weighted by Gasteiger charge is 2.64. The number of halogens is 4. The second-order valence-electron chi connectivity index (χ2n) is 6.11. The zero-order valence-corrected chi connectivity index (χ0v) is 13.1. The molecule has 2 aromatic rings. The Morgan fingerprint density at radius 3 is 2.67 bits per heavy atom. The molecule has 0 N–H and O–H groups in total. The van der Waals surface area contributed by atoms with Gasteiger partial charge in [-0.25, -0.2) is 0 Å². The number of aryl methyl sites for hydroxylation is 1. The van der Waals surface area contributed by atoms with Crippen molar-refractivity contribution in [1.82, 2.24) is 0 Å². The fraction of sp³-hybridized carbons (Fsp3) is 0.278. The molecule has 2 nitrogen and oxygen atoms in total. The Hall–Kier alpha value is -1.85. The van der Waals surface area contributed by atoms with E-state index in [9.17, 15) is 18.0 Å². The second kappa shape index (κ2) is 5.07. The van der Waals surface area contributed by atoms with Crippen LogP contribution < -0.4 is 0 Å². The van der Waals surface area contributed by atoms with Crippen LogP contribution in [0.25, 0.3) is 0 Å². The number of benzene rings is 2. The Morgan fingerprint density at radius 2 is 1.92 bits per heavy atom. The van der Waals surface area contributed by atoms with Gasteiger partial charge >= 0.3 is 6.18 Å². The van der Waals surface area contributed by atoms with E-state index >= 15 is 0 Å². The standard InChI is InChI=1S/C18H12ClF3O2/c19-14-6-5-11(18(20,21)22)9-13(14)16-17(24-16)8-7-10-3-1-2-4-12(10)15(17)23/h1-6,9,16H,7-8H2. The molecule has 1 aliphatic heterocycles. The lowest BCUT2D eigenvalue weighted by atomic mass is 9.79. The molecule has 1 heterocycles. The minimum Gasteiger partial charge on any atom is -0.352 e. The predicted molar refractivity (Wildman–Crippen MR) is 82.1 cm³/mol. The molecule has 1 fully saturated rings. The summed E-state index contributed by atoms with van der Waals surface area (Å²) < 4.78 is 44.5. The maximum Gasteiger partial charge on any atom is 0.416 e. The minimum atomic E-state index is -4.47. The third-order valence-electron chi connectivity index (χ3n) is 4.71. The summed E-state index contributed by atoms with van der Waals surface area (Å²) >= 11 is 6.07. The zero-order valence-electron chi connectivity index (χ0n) is 12.4. The number of hydrogen-bond acceptors (Lipinski definition) is 2. The number of carbonyl (C=O) groups is 1. The zero-order chi connectivity index (χ0) is 17.1. The first-order valence-electron chi connectivity index (χ1n) is 7.50. The fourth-order valence-corrected chi connectivity index (χ4v) is 3.61. The van der Waals surface area contributed by atoms with Crippen LogP contribution in [0.15, 0.2) is 42.5 Å². The van der Waals surface area contributed by atoms with E-state index in [0.717, 1.165) is 17.7 Å². The minimum absolute atomic E-state index is 0.177. The van der Waals surface area contributed by atoms with Crippen LogP contribution in [-0.4, -0.2) is 11.4 Å². The number of alkyl halides is 3. The van der Waals surface area contributed by atoms with Gasteiger partial charge in [-0.15, -0.1) is 0 Å². The van der Waals surface area contributed by atoms with Gasteiger partial charge in [0.1, 0.15) is 6.10 Å². The number of carbonyl (C=O) groups excluding carboxylic acids is 1. The van der Waals surface area contributed by atoms with Crippen LogP contribution in [0.1, 0.15) is 39.6 Å². The normalized spacial score (nSPS) is 25.7. The summed E-state index contributed by atoms with van der Waals surface area (Å²) in [6.45, 7) is 0. The van der Waals surface area contributed by atoms with Gasteiger partial charge in [0.05, 0.1) is 5.56 Å². The maximum absolute atomic E-state index is 12.9. The molecule has 1 spiro atoms. The summed E-state index contributed by atoms with van der Waals surface area (Å²) in [6.07, 6.45) is -4.10. The lowest BCUT2D eigenvalue weighted by Crippen LogP contribution is -2.31. The van der Waals surface area contributed by atoms with Crippen molar-refractivity contribution in [3.05, 3.63) is 69.7 Å². The van der Waals surface area contributed by atoms with Gasteiger partial charge < -0.3 is 4.74 Å². The van der Waals surface area contributed by atoms with Crippen LogP contribution in [0.5, 0.6) is 0 Å². The van der Waals surface area contributed by atoms with Gasteiger partial charge in [0.15, 0.2) is 11.4 Å². The molecule has 0 aromatic heterocycles. The molecule has 6 heteroatoms. The molecule has 2 aliphatic rings. The van der Waals surface area contributed by atoms with E-state index in [2.05, 4.69) is 0 Å². The molecule has 2 aromatic carbocycles. The SMILES string of the molecule is O=C1c2ccccc2CCC12OC2c1cc(C(F)(F)F)ccc1Cl. The Bertz CT molecular complexity index is 846. The average Bonchev–Trinajstić information content (AvgIpc) is 3.26. The van der Waals surface area contributed by atoms with E-state index in [1.165, 1.54) is 6.07 Å². The number of epoxide rings is 1. The summed E-state index contributed by atoms with van der Waals surface area (Å²) in [7, 11) is 0. The highest BCUT2D eigenvalue weighted by atomic mass is 35.5. The van der Waals surface area contributed by atoms with E-state index in [0.29, 0.717) is 18.4 Å². The van der Waals surface area contributed by atoms with Crippen molar-refractivity contribution in [1.29, 1.82) is 0 Å². The van der Waals surface area contributed by atoms with E-state index in [1.807, 2.05) is 12.1 Å². The highest BCUT2D eigenvalue weighted by Crippen LogP contribution is 2.57. The summed E-state index contributed by atoms with van der Waals surface area (Å²) in [4.78, 5) is 12.8. The van der Waals surface area contributed by atoms with Crippen LogP contribution >= 0.6 is 11.6 Å². The smallest absolute Gasteiger partial charge is 0.352 e. The van der Waals surface area contributed by atoms with E-state index in [-0.39, 0.29) is 16.4 Å². The van der Waals surface area contributed by atoms with Gasteiger partial charge in [0, 0.05) is 16.1 Å². The molecular formula is C18H12ClF3O2. The Morgan fingerprint density at radius 1 is 1.17 bits per heavy atom. The fourth-order valence-electron chi connectivity index (χ4n) is 3.40. The quantitative estimate of drug-likeness (QED) is 0.676. The van der Waals surface area contributed by atoms with Gasteiger partial charge in [-0.3, -0.25) is 4.79 Å². The van der Waals surface area contributed by atoms with Crippen LogP contribution in [0.4, 0.5) is 13.2 Å². The molecule has 1 aliphatic carbocycles. The summed E-state index contributed by atoms with van der Waals surface area (Å²) in [5, 5.41) is 0.177. The second-order valence-corrected chi connectivity index (χ2v) is 6.51. The third-order valence-corrected chi connectivity index (χ3v) is 5.06. The molecule has 1 saturated heterocycles. The van der Waals surface area contributed by atoms with Gasteiger partial charge in [-0.05, 0) is 36.6 Å². The topological polar surface area (TPSA) is 29.6 Å². The van der Waals surface area contributed by atoms with Crippen LogP contribution in [0, 0.1) is 0 Å². The monoisotopic (exact) mass is 352 g/mol. The largest absolute Gasteiger partial charge is 0.416 e. The number of Topliss-reactive ketones (excluding diaryl/α,β-unsaturated/α-hetero) is 1. The predicted octanol–water partition coefficient (Wildman–Crippen LogP) is 5.00. The first-order valence-corrected chi connectivity index (χ1v) is 7.88. The molecule has 0 radical (unpaired) electrons. The number of fused-ring (bicyclic) bond motifs is 1. The van der Waals surface area contributed by atoms with E-state index in [1.54, 1.807) is 12.1 Å². The highest BCUT2D eigenvalue weighted by molar-refractivity contribution is 6.31. The molecule has 4 rings (SSSR count). The Labute approximate surface area is 141 Å². The van der Waals surface area contributed by atoms with Crippen molar-refractivity contribution in [3.63, 3.8) is 0 Å².